The SMILES string of the molecule is CCCNC(c1ccc(Br)c(F)c1)c1cnn(C)c1. The average Bonchev–Trinajstić information content (AvgIpc) is 2.80. The maximum Gasteiger partial charge on any atom is 0.137 e. The minimum absolute atomic E-state index is 0.0313. The summed E-state index contributed by atoms with van der Waals surface area (Å²) in [4.78, 5) is 0. The van der Waals surface area contributed by atoms with Crippen molar-refractivity contribution >= 4 is 15.9 Å². The van der Waals surface area contributed by atoms with Gasteiger partial charge in [-0.25, -0.2) is 4.39 Å². The predicted octanol–water partition coefficient (Wildman–Crippen LogP) is 3.41. The van der Waals surface area contributed by atoms with Gasteiger partial charge >= 0.3 is 0 Å². The van der Waals surface area contributed by atoms with Crippen LogP contribution in [0.3, 0.4) is 0 Å². The summed E-state index contributed by atoms with van der Waals surface area (Å²) < 4.78 is 15.9. The third-order valence-electron chi connectivity index (χ3n) is 2.93. The third kappa shape index (κ3) is 3.42. The molecule has 0 aliphatic carbocycles. The lowest BCUT2D eigenvalue weighted by Crippen LogP contribution is -2.23. The highest BCUT2D eigenvalue weighted by Crippen LogP contribution is 2.25. The van der Waals surface area contributed by atoms with E-state index in [0.29, 0.717) is 4.47 Å². The molecule has 0 aliphatic heterocycles. The molecule has 0 saturated heterocycles. The number of nitrogens with zero attached hydrogens (tertiary/aromatic N) is 2. The maximum atomic E-state index is 13.7. The Morgan fingerprint density at radius 1 is 1.42 bits per heavy atom. The fourth-order valence-corrected chi connectivity index (χ4v) is 2.24. The largest absolute Gasteiger partial charge is 0.306 e. The average molecular weight is 326 g/mol. The molecule has 1 heterocycles. The minimum atomic E-state index is -0.246. The van der Waals surface area contributed by atoms with Crippen molar-refractivity contribution in [2.75, 3.05) is 6.54 Å². The van der Waals surface area contributed by atoms with Gasteiger partial charge in [-0.2, -0.15) is 5.10 Å². The van der Waals surface area contributed by atoms with Crippen LogP contribution in [0.25, 0.3) is 0 Å². The molecule has 19 heavy (non-hydrogen) atoms. The molecule has 5 heteroatoms. The number of aryl methyl sites for hydroxylation is 1. The van der Waals surface area contributed by atoms with E-state index in [-0.39, 0.29) is 11.9 Å². The molecule has 0 spiro atoms. The fourth-order valence-electron chi connectivity index (χ4n) is 2.00. The lowest BCUT2D eigenvalue weighted by atomic mass is 10.0. The number of rotatable bonds is 5. The van der Waals surface area contributed by atoms with E-state index in [0.717, 1.165) is 24.1 Å². The smallest absolute Gasteiger partial charge is 0.137 e. The van der Waals surface area contributed by atoms with Crippen molar-refractivity contribution in [1.82, 2.24) is 15.1 Å². The molecule has 0 saturated carbocycles. The summed E-state index contributed by atoms with van der Waals surface area (Å²) in [6.45, 7) is 2.98. The van der Waals surface area contributed by atoms with E-state index in [2.05, 4.69) is 33.3 Å². The van der Waals surface area contributed by atoms with Gasteiger partial charge in [0, 0.05) is 18.8 Å². The van der Waals surface area contributed by atoms with Gasteiger partial charge in [-0.15, -0.1) is 0 Å². The molecule has 3 nitrogen and oxygen atoms in total. The first kappa shape index (κ1) is 14.2. The van der Waals surface area contributed by atoms with Gasteiger partial charge in [-0.3, -0.25) is 4.68 Å². The Labute approximate surface area is 121 Å². The van der Waals surface area contributed by atoms with Crippen LogP contribution in [-0.2, 0) is 7.05 Å². The molecule has 1 N–H and O–H groups in total. The number of aromatic nitrogens is 2. The molecule has 2 rings (SSSR count). The highest BCUT2D eigenvalue weighted by Gasteiger charge is 2.16. The minimum Gasteiger partial charge on any atom is -0.306 e. The zero-order valence-electron chi connectivity index (χ0n) is 11.0. The first-order valence-electron chi connectivity index (χ1n) is 6.28. The molecule has 2 aromatic rings. The van der Waals surface area contributed by atoms with Gasteiger partial charge in [0.25, 0.3) is 0 Å². The number of benzene rings is 1. The Balaban J connectivity index is 2.33. The van der Waals surface area contributed by atoms with Crippen LogP contribution in [0.15, 0.2) is 35.1 Å². The Bertz CT molecular complexity index is 553. The van der Waals surface area contributed by atoms with Crippen molar-refractivity contribution in [2.45, 2.75) is 19.4 Å². The van der Waals surface area contributed by atoms with Crippen LogP contribution in [0.2, 0.25) is 0 Å². The van der Waals surface area contributed by atoms with E-state index in [9.17, 15) is 4.39 Å². The molecular formula is C14H17BrFN3. The lowest BCUT2D eigenvalue weighted by Gasteiger charge is -2.18. The number of nitrogens with one attached hydrogen (secondary N) is 1. The van der Waals surface area contributed by atoms with E-state index in [1.54, 1.807) is 16.8 Å². The Morgan fingerprint density at radius 2 is 2.21 bits per heavy atom. The molecular weight excluding hydrogens is 309 g/mol. The molecule has 0 amide bonds. The Hall–Kier alpha value is -1.20. The molecule has 0 radical (unpaired) electrons. The van der Waals surface area contributed by atoms with Crippen molar-refractivity contribution in [3.05, 3.63) is 52.0 Å². The molecule has 102 valence electrons. The summed E-state index contributed by atoms with van der Waals surface area (Å²) in [5.41, 5.74) is 1.94. The van der Waals surface area contributed by atoms with Crippen LogP contribution in [0.4, 0.5) is 4.39 Å². The van der Waals surface area contributed by atoms with E-state index >= 15 is 0 Å². The maximum absolute atomic E-state index is 13.7. The van der Waals surface area contributed by atoms with Crippen molar-refractivity contribution in [1.29, 1.82) is 0 Å². The number of hydrogen-bond donors (Lipinski definition) is 1. The van der Waals surface area contributed by atoms with Crippen LogP contribution in [0.5, 0.6) is 0 Å². The second kappa shape index (κ2) is 6.30. The molecule has 0 bridgehead atoms. The zero-order valence-corrected chi connectivity index (χ0v) is 12.6. The van der Waals surface area contributed by atoms with E-state index in [4.69, 9.17) is 0 Å². The van der Waals surface area contributed by atoms with Gasteiger partial charge in [0.15, 0.2) is 0 Å². The van der Waals surface area contributed by atoms with Gasteiger partial charge in [0.1, 0.15) is 5.82 Å². The second-order valence-corrected chi connectivity index (χ2v) is 5.36. The first-order valence-corrected chi connectivity index (χ1v) is 7.08. The van der Waals surface area contributed by atoms with Crippen LogP contribution in [0, 0.1) is 5.82 Å². The van der Waals surface area contributed by atoms with Gasteiger partial charge in [-0.1, -0.05) is 13.0 Å². The number of halogens is 2. The topological polar surface area (TPSA) is 29.9 Å². The highest BCUT2D eigenvalue weighted by molar-refractivity contribution is 9.10. The van der Waals surface area contributed by atoms with Gasteiger partial charge in [0.05, 0.1) is 16.7 Å². The summed E-state index contributed by atoms with van der Waals surface area (Å²) in [7, 11) is 1.88. The van der Waals surface area contributed by atoms with Gasteiger partial charge in [-0.05, 0) is 46.6 Å². The molecule has 1 unspecified atom stereocenters. The third-order valence-corrected chi connectivity index (χ3v) is 3.58. The van der Waals surface area contributed by atoms with Crippen LogP contribution >= 0.6 is 15.9 Å². The fraction of sp³-hybridized carbons (Fsp3) is 0.357. The van der Waals surface area contributed by atoms with Crippen molar-refractivity contribution in [2.24, 2.45) is 7.05 Å². The number of hydrogen-bond acceptors (Lipinski definition) is 2. The van der Waals surface area contributed by atoms with E-state index in [1.807, 2.05) is 25.5 Å². The molecule has 0 fully saturated rings. The van der Waals surface area contributed by atoms with Crippen molar-refractivity contribution in [3.8, 4) is 0 Å². The molecule has 1 aromatic carbocycles. The summed E-state index contributed by atoms with van der Waals surface area (Å²) >= 11 is 3.18. The van der Waals surface area contributed by atoms with Crippen LogP contribution in [-0.4, -0.2) is 16.3 Å². The Kier molecular flexibility index (Phi) is 4.71. The summed E-state index contributed by atoms with van der Waals surface area (Å²) in [6.07, 6.45) is 4.79. The van der Waals surface area contributed by atoms with E-state index < -0.39 is 0 Å². The van der Waals surface area contributed by atoms with Gasteiger partial charge < -0.3 is 5.32 Å². The summed E-state index contributed by atoms with van der Waals surface area (Å²) in [6, 6.07) is 5.19. The second-order valence-electron chi connectivity index (χ2n) is 4.51. The van der Waals surface area contributed by atoms with Gasteiger partial charge in [0.2, 0.25) is 0 Å². The highest BCUT2D eigenvalue weighted by atomic mass is 79.9. The monoisotopic (exact) mass is 325 g/mol. The quantitative estimate of drug-likeness (QED) is 0.912. The first-order chi connectivity index (χ1) is 9.11. The normalized spacial score (nSPS) is 12.6. The van der Waals surface area contributed by atoms with Crippen LogP contribution in [0.1, 0.15) is 30.5 Å². The molecule has 0 aliphatic rings. The zero-order chi connectivity index (χ0) is 13.8. The molecule has 1 atom stereocenters. The van der Waals surface area contributed by atoms with Crippen LogP contribution < -0.4 is 5.32 Å². The summed E-state index contributed by atoms with van der Waals surface area (Å²) in [5, 5.41) is 7.61. The molecule has 1 aromatic heterocycles. The van der Waals surface area contributed by atoms with Crippen molar-refractivity contribution in [3.63, 3.8) is 0 Å². The van der Waals surface area contributed by atoms with E-state index in [1.165, 1.54) is 0 Å². The van der Waals surface area contributed by atoms with Crippen molar-refractivity contribution < 1.29 is 4.39 Å². The Morgan fingerprint density at radius 3 is 2.79 bits per heavy atom. The summed E-state index contributed by atoms with van der Waals surface area (Å²) in [5.74, 6) is -0.246. The lowest BCUT2D eigenvalue weighted by molar-refractivity contribution is 0.583. The standard InChI is InChI=1S/C14H17BrFN3/c1-3-6-17-14(11-8-18-19(2)9-11)10-4-5-12(15)13(16)7-10/h4-5,7-9,14,17H,3,6H2,1-2H3. The predicted molar refractivity (Wildman–Crippen MR) is 77.4 cm³/mol.